The number of rotatable bonds is 3. The number of anilines is 1. The van der Waals surface area contributed by atoms with Crippen molar-refractivity contribution in [2.75, 3.05) is 5.32 Å². The van der Waals surface area contributed by atoms with E-state index in [9.17, 15) is 4.79 Å². The molecule has 1 saturated heterocycles. The first-order chi connectivity index (χ1) is 11.6. The molecule has 5 nitrogen and oxygen atoms in total. The number of benzene rings is 1. The van der Waals surface area contributed by atoms with Gasteiger partial charge in [0, 0.05) is 16.1 Å². The molecule has 2 N–H and O–H groups in total. The second kappa shape index (κ2) is 6.32. The molecule has 0 saturated carbocycles. The summed E-state index contributed by atoms with van der Waals surface area (Å²) in [4.78, 5) is 11.7. The monoisotopic (exact) mass is 379 g/mol. The average Bonchev–Trinajstić information content (AvgIpc) is 3.02. The lowest BCUT2D eigenvalue weighted by molar-refractivity contribution is 0.00578. The molecule has 1 aromatic carbocycles. The standard InChI is InChI=1S/C17H19BClNO4S/c1-16(2)17(3,4)24-18(23-16)10-7-14(25-9-10)12-6-5-11(8-13(12)19)20-15(21)22/h5-9,20H,1-4H3,(H,21,22). The van der Waals surface area contributed by atoms with Crippen LogP contribution in [0.4, 0.5) is 10.5 Å². The Labute approximate surface area is 156 Å². The number of thiophene rings is 1. The molecule has 132 valence electrons. The Kier molecular flexibility index (Phi) is 4.62. The third-order valence-corrected chi connectivity index (χ3v) is 5.93. The number of carboxylic acid groups (broad SMARTS) is 1. The summed E-state index contributed by atoms with van der Waals surface area (Å²) in [6, 6.07) is 7.08. The zero-order valence-electron chi connectivity index (χ0n) is 14.4. The Morgan fingerprint density at radius 1 is 1.20 bits per heavy atom. The normalized spacial score (nSPS) is 18.4. The summed E-state index contributed by atoms with van der Waals surface area (Å²) in [6.07, 6.45) is -1.12. The van der Waals surface area contributed by atoms with Crippen molar-refractivity contribution < 1.29 is 19.2 Å². The summed E-state index contributed by atoms with van der Waals surface area (Å²) >= 11 is 7.86. The van der Waals surface area contributed by atoms with Gasteiger partial charge in [0.05, 0.1) is 16.2 Å². The lowest BCUT2D eigenvalue weighted by Crippen LogP contribution is -2.41. The molecule has 1 aliphatic rings. The summed E-state index contributed by atoms with van der Waals surface area (Å²) < 4.78 is 12.1. The van der Waals surface area contributed by atoms with Gasteiger partial charge in [-0.1, -0.05) is 11.6 Å². The molecular formula is C17H19BClNO4S. The molecule has 2 aromatic rings. The Balaban J connectivity index is 1.84. The van der Waals surface area contributed by atoms with Crippen molar-refractivity contribution in [3.63, 3.8) is 0 Å². The van der Waals surface area contributed by atoms with Crippen LogP contribution in [-0.4, -0.2) is 29.5 Å². The maximum Gasteiger partial charge on any atom is 0.495 e. The second-order valence-electron chi connectivity index (χ2n) is 6.96. The maximum atomic E-state index is 10.7. The molecule has 0 radical (unpaired) electrons. The first-order valence-corrected chi connectivity index (χ1v) is 9.09. The van der Waals surface area contributed by atoms with Gasteiger partial charge < -0.3 is 14.4 Å². The van der Waals surface area contributed by atoms with Gasteiger partial charge >= 0.3 is 13.2 Å². The molecule has 3 rings (SSSR count). The van der Waals surface area contributed by atoms with Gasteiger partial charge in [0.15, 0.2) is 0 Å². The van der Waals surface area contributed by atoms with Gasteiger partial charge in [-0.05, 0) is 62.8 Å². The Hall–Kier alpha value is -1.54. The van der Waals surface area contributed by atoms with Crippen LogP contribution >= 0.6 is 22.9 Å². The highest BCUT2D eigenvalue weighted by molar-refractivity contribution is 7.14. The van der Waals surface area contributed by atoms with E-state index in [1.165, 1.54) is 0 Å². The van der Waals surface area contributed by atoms with Crippen LogP contribution in [0.1, 0.15) is 27.7 Å². The first-order valence-electron chi connectivity index (χ1n) is 7.83. The molecule has 1 aromatic heterocycles. The number of nitrogens with one attached hydrogen (secondary N) is 1. The van der Waals surface area contributed by atoms with E-state index in [-0.39, 0.29) is 11.2 Å². The SMILES string of the molecule is CC1(C)OB(c2csc(-c3ccc(NC(=O)O)cc3Cl)c2)OC1(C)C. The van der Waals surface area contributed by atoms with Crippen molar-refractivity contribution in [1.82, 2.24) is 0 Å². The zero-order valence-corrected chi connectivity index (χ0v) is 16.0. The van der Waals surface area contributed by atoms with E-state index in [1.807, 2.05) is 39.1 Å². The highest BCUT2D eigenvalue weighted by Crippen LogP contribution is 2.38. The second-order valence-corrected chi connectivity index (χ2v) is 8.28. The summed E-state index contributed by atoms with van der Waals surface area (Å²) in [5.41, 5.74) is 1.44. The quantitative estimate of drug-likeness (QED) is 0.773. The molecular weight excluding hydrogens is 361 g/mol. The van der Waals surface area contributed by atoms with Crippen LogP contribution in [0.3, 0.4) is 0 Å². The minimum absolute atomic E-state index is 0.387. The van der Waals surface area contributed by atoms with Gasteiger partial charge in [0.25, 0.3) is 0 Å². The van der Waals surface area contributed by atoms with E-state index in [0.717, 1.165) is 15.9 Å². The van der Waals surface area contributed by atoms with Crippen LogP contribution in [0.5, 0.6) is 0 Å². The summed E-state index contributed by atoms with van der Waals surface area (Å²) in [5, 5.41) is 13.5. The Bertz CT molecular complexity index is 805. The fraction of sp³-hybridized carbons (Fsp3) is 0.353. The van der Waals surface area contributed by atoms with Gasteiger partial charge in [-0.15, -0.1) is 11.3 Å². The molecule has 1 aliphatic heterocycles. The Morgan fingerprint density at radius 3 is 2.40 bits per heavy atom. The molecule has 25 heavy (non-hydrogen) atoms. The lowest BCUT2D eigenvalue weighted by Gasteiger charge is -2.32. The molecule has 0 atom stereocenters. The van der Waals surface area contributed by atoms with Crippen LogP contribution in [-0.2, 0) is 9.31 Å². The number of amides is 1. The van der Waals surface area contributed by atoms with E-state index in [0.29, 0.717) is 10.7 Å². The van der Waals surface area contributed by atoms with E-state index in [1.54, 1.807) is 29.5 Å². The van der Waals surface area contributed by atoms with Gasteiger partial charge in [-0.3, -0.25) is 5.32 Å². The van der Waals surface area contributed by atoms with Crippen molar-refractivity contribution in [2.24, 2.45) is 0 Å². The number of hydrogen-bond acceptors (Lipinski definition) is 4. The van der Waals surface area contributed by atoms with E-state index in [4.69, 9.17) is 26.0 Å². The largest absolute Gasteiger partial charge is 0.495 e. The van der Waals surface area contributed by atoms with Gasteiger partial charge in [0.1, 0.15) is 0 Å². The molecule has 0 unspecified atom stereocenters. The van der Waals surface area contributed by atoms with E-state index in [2.05, 4.69) is 5.32 Å². The first kappa shape index (κ1) is 18.3. The molecule has 0 bridgehead atoms. The topological polar surface area (TPSA) is 67.8 Å². The van der Waals surface area contributed by atoms with Crippen molar-refractivity contribution in [3.05, 3.63) is 34.7 Å². The predicted octanol–water partition coefficient (Wildman–Crippen LogP) is 4.46. The van der Waals surface area contributed by atoms with Crippen molar-refractivity contribution >= 4 is 47.3 Å². The molecule has 1 fully saturated rings. The van der Waals surface area contributed by atoms with Gasteiger partial charge in [-0.2, -0.15) is 0 Å². The van der Waals surface area contributed by atoms with E-state index < -0.39 is 13.2 Å². The molecule has 2 heterocycles. The molecule has 0 spiro atoms. The van der Waals surface area contributed by atoms with Crippen molar-refractivity contribution in [3.8, 4) is 10.4 Å². The third kappa shape index (κ3) is 3.55. The van der Waals surface area contributed by atoms with E-state index >= 15 is 0 Å². The van der Waals surface area contributed by atoms with Gasteiger partial charge in [-0.25, -0.2) is 4.79 Å². The van der Waals surface area contributed by atoms with Gasteiger partial charge in [0.2, 0.25) is 0 Å². The highest BCUT2D eigenvalue weighted by atomic mass is 35.5. The summed E-state index contributed by atoms with van der Waals surface area (Å²) in [7, 11) is -0.415. The minimum Gasteiger partial charge on any atom is -0.465 e. The van der Waals surface area contributed by atoms with Crippen LogP contribution in [0.25, 0.3) is 10.4 Å². The molecule has 0 aliphatic carbocycles. The zero-order chi connectivity index (χ0) is 18.4. The summed E-state index contributed by atoms with van der Waals surface area (Å²) in [6.45, 7) is 8.08. The molecule has 1 amide bonds. The van der Waals surface area contributed by atoms with Crippen LogP contribution in [0.15, 0.2) is 29.6 Å². The van der Waals surface area contributed by atoms with Crippen LogP contribution < -0.4 is 10.8 Å². The Morgan fingerprint density at radius 2 is 1.84 bits per heavy atom. The fourth-order valence-corrected chi connectivity index (χ4v) is 3.80. The lowest BCUT2D eigenvalue weighted by atomic mass is 9.81. The predicted molar refractivity (Wildman–Crippen MR) is 102 cm³/mol. The van der Waals surface area contributed by atoms with Crippen molar-refractivity contribution in [1.29, 1.82) is 0 Å². The maximum absolute atomic E-state index is 10.7. The number of carbonyl (C=O) groups is 1. The smallest absolute Gasteiger partial charge is 0.465 e. The van der Waals surface area contributed by atoms with Crippen molar-refractivity contribution in [2.45, 2.75) is 38.9 Å². The molecule has 8 heteroatoms. The number of hydrogen-bond donors (Lipinski definition) is 2. The average molecular weight is 380 g/mol. The fourth-order valence-electron chi connectivity index (χ4n) is 2.51. The third-order valence-electron chi connectivity index (χ3n) is 4.63. The number of halogens is 1. The minimum atomic E-state index is -1.12. The summed E-state index contributed by atoms with van der Waals surface area (Å²) in [5.74, 6) is 0. The highest BCUT2D eigenvalue weighted by Gasteiger charge is 2.51. The van der Waals surface area contributed by atoms with Crippen LogP contribution in [0.2, 0.25) is 5.02 Å². The van der Waals surface area contributed by atoms with Crippen LogP contribution in [0, 0.1) is 0 Å².